The molecule has 1 atom stereocenters. The van der Waals surface area contributed by atoms with Gasteiger partial charge < -0.3 is 20.5 Å². The van der Waals surface area contributed by atoms with Gasteiger partial charge in [0.1, 0.15) is 12.4 Å². The van der Waals surface area contributed by atoms with E-state index in [0.29, 0.717) is 6.54 Å². The van der Waals surface area contributed by atoms with Gasteiger partial charge in [0.05, 0.1) is 19.3 Å². The van der Waals surface area contributed by atoms with Crippen LogP contribution in [-0.2, 0) is 16.1 Å². The third-order valence-corrected chi connectivity index (χ3v) is 5.50. The second-order valence-corrected chi connectivity index (χ2v) is 8.15. The molecule has 6 heteroatoms. The van der Waals surface area contributed by atoms with E-state index in [4.69, 9.17) is 4.74 Å². The summed E-state index contributed by atoms with van der Waals surface area (Å²) in [6.45, 7) is 0.979. The number of nitrogens with one attached hydrogen (secondary N) is 2. The predicted octanol–water partition coefficient (Wildman–Crippen LogP) is 4.39. The van der Waals surface area contributed by atoms with Crippen LogP contribution in [0.1, 0.15) is 55.7 Å². The Balaban J connectivity index is 1.27. The average molecular weight is 441 g/mol. The van der Waals surface area contributed by atoms with Crippen LogP contribution in [0.4, 0.5) is 4.39 Å². The van der Waals surface area contributed by atoms with E-state index in [-0.39, 0.29) is 37.6 Å². The first-order chi connectivity index (χ1) is 15.7. The van der Waals surface area contributed by atoms with E-state index in [2.05, 4.69) is 10.6 Å². The highest BCUT2D eigenvalue weighted by Gasteiger charge is 2.20. The molecule has 1 amide bonds. The minimum Gasteiger partial charge on any atom is -0.394 e. The summed E-state index contributed by atoms with van der Waals surface area (Å²) < 4.78 is 18.3. The number of benzene rings is 2. The first kappa shape index (κ1) is 24.0. The van der Waals surface area contributed by atoms with Crippen LogP contribution in [0.15, 0.2) is 65.9 Å². The quantitative estimate of drug-likeness (QED) is 0.381. The summed E-state index contributed by atoms with van der Waals surface area (Å²) in [5, 5.41) is 16.2. The number of allylic oxidation sites excluding steroid dienone is 2. The number of aliphatic hydroxyl groups excluding tert-OH is 1. The zero-order valence-electron chi connectivity index (χ0n) is 18.5. The van der Waals surface area contributed by atoms with Crippen LogP contribution in [-0.4, -0.2) is 30.8 Å². The van der Waals surface area contributed by atoms with Gasteiger partial charge in [0.15, 0.2) is 0 Å². The Hall–Kier alpha value is -2.70. The molecule has 0 radical (unpaired) electrons. The molecule has 1 fully saturated rings. The van der Waals surface area contributed by atoms with Gasteiger partial charge in [-0.15, -0.1) is 0 Å². The second kappa shape index (κ2) is 13.0. The molecular formula is C26H33FN2O3. The summed E-state index contributed by atoms with van der Waals surface area (Å²) >= 11 is 0. The molecule has 3 N–H and O–H groups in total. The molecule has 5 nitrogen and oxygen atoms in total. The van der Waals surface area contributed by atoms with E-state index in [1.807, 2.05) is 30.3 Å². The second-order valence-electron chi connectivity index (χ2n) is 8.15. The van der Waals surface area contributed by atoms with Crippen LogP contribution in [0.3, 0.4) is 0 Å². The Morgan fingerprint density at radius 1 is 1.03 bits per heavy atom. The molecule has 1 saturated carbocycles. The first-order valence-electron chi connectivity index (χ1n) is 11.4. The monoisotopic (exact) mass is 440 g/mol. The van der Waals surface area contributed by atoms with Gasteiger partial charge in [0, 0.05) is 12.2 Å². The van der Waals surface area contributed by atoms with Crippen molar-refractivity contribution in [1.82, 2.24) is 10.6 Å². The summed E-state index contributed by atoms with van der Waals surface area (Å²) in [6.07, 6.45) is 6.22. The maximum atomic E-state index is 12.9. The molecule has 0 aliphatic heterocycles. The number of ether oxygens (including phenoxy) is 1. The molecule has 2 aromatic rings. The van der Waals surface area contributed by atoms with E-state index in [1.165, 1.54) is 23.4 Å². The number of halogens is 1. The van der Waals surface area contributed by atoms with Gasteiger partial charge in [0.2, 0.25) is 5.91 Å². The smallest absolute Gasteiger partial charge is 0.246 e. The predicted molar refractivity (Wildman–Crippen MR) is 123 cm³/mol. The van der Waals surface area contributed by atoms with Crippen molar-refractivity contribution in [2.75, 3.05) is 19.8 Å². The zero-order valence-corrected chi connectivity index (χ0v) is 18.5. The van der Waals surface area contributed by atoms with Gasteiger partial charge in [-0.05, 0) is 55.4 Å². The van der Waals surface area contributed by atoms with Crippen LogP contribution >= 0.6 is 0 Å². The Morgan fingerprint density at radius 3 is 2.47 bits per heavy atom. The summed E-state index contributed by atoms with van der Waals surface area (Å²) in [5.74, 6) is -0.421. The Morgan fingerprint density at radius 2 is 1.78 bits per heavy atom. The fourth-order valence-electron chi connectivity index (χ4n) is 3.57. The molecule has 0 saturated heterocycles. The van der Waals surface area contributed by atoms with E-state index in [9.17, 15) is 14.3 Å². The normalized spacial score (nSPS) is 13.5. The molecule has 0 aromatic heterocycles. The lowest BCUT2D eigenvalue weighted by molar-refractivity contribution is -0.126. The number of unbranched alkanes of at least 4 members (excludes halogenated alkanes) is 2. The van der Waals surface area contributed by atoms with Gasteiger partial charge in [-0.1, -0.05) is 54.5 Å². The fraction of sp³-hybridized carbons (Fsp3) is 0.423. The van der Waals surface area contributed by atoms with Crippen LogP contribution in [0.2, 0.25) is 0 Å². The Bertz CT molecular complexity index is 862. The van der Waals surface area contributed by atoms with Gasteiger partial charge in [-0.3, -0.25) is 4.79 Å². The van der Waals surface area contributed by atoms with E-state index < -0.39 is 0 Å². The number of rotatable bonds is 14. The molecular weight excluding hydrogens is 407 g/mol. The first-order valence-corrected chi connectivity index (χ1v) is 11.4. The fourth-order valence-corrected chi connectivity index (χ4v) is 3.57. The molecule has 1 unspecified atom stereocenters. The van der Waals surface area contributed by atoms with Crippen molar-refractivity contribution in [2.45, 2.75) is 51.2 Å². The molecule has 1 aliphatic rings. The molecule has 172 valence electrons. The van der Waals surface area contributed by atoms with E-state index in [0.717, 1.165) is 49.7 Å². The Kier molecular flexibility index (Phi) is 9.72. The van der Waals surface area contributed by atoms with Crippen LogP contribution in [0.5, 0.6) is 0 Å². The molecule has 3 rings (SSSR count). The van der Waals surface area contributed by atoms with Crippen molar-refractivity contribution in [3.63, 3.8) is 0 Å². The van der Waals surface area contributed by atoms with Crippen molar-refractivity contribution in [2.24, 2.45) is 0 Å². The molecule has 0 bridgehead atoms. The highest BCUT2D eigenvalue weighted by molar-refractivity contribution is 5.77. The number of carbonyl (C=O) groups excluding carboxylic acids is 1. The Labute approximate surface area is 189 Å². The maximum absolute atomic E-state index is 12.9. The number of hydrogen-bond donors (Lipinski definition) is 3. The standard InChI is InChI=1S/C26H33FN2O3/c27-23-14-10-20(11-15-23)18-32-19-26(31)28-16-6-2-5-9-24(22-12-13-22)29-25(17-30)21-7-3-1-4-8-21/h1,3-4,7-8,10-11,14-15,25,29-30H,2,5-6,9,12-13,16-19H2,(H,28,31). The highest BCUT2D eigenvalue weighted by Crippen LogP contribution is 2.33. The molecule has 0 spiro atoms. The van der Waals surface area contributed by atoms with E-state index in [1.54, 1.807) is 12.1 Å². The van der Waals surface area contributed by atoms with Gasteiger partial charge in [0.25, 0.3) is 0 Å². The van der Waals surface area contributed by atoms with Crippen molar-refractivity contribution in [1.29, 1.82) is 0 Å². The zero-order chi connectivity index (χ0) is 22.6. The van der Waals surface area contributed by atoms with Gasteiger partial charge in [-0.25, -0.2) is 4.39 Å². The topological polar surface area (TPSA) is 70.6 Å². The van der Waals surface area contributed by atoms with Crippen LogP contribution < -0.4 is 10.6 Å². The van der Waals surface area contributed by atoms with E-state index >= 15 is 0 Å². The largest absolute Gasteiger partial charge is 0.394 e. The van der Waals surface area contributed by atoms with Gasteiger partial charge in [-0.2, -0.15) is 0 Å². The molecule has 1 aliphatic carbocycles. The highest BCUT2D eigenvalue weighted by atomic mass is 19.1. The van der Waals surface area contributed by atoms with Crippen molar-refractivity contribution >= 4 is 5.91 Å². The lowest BCUT2D eigenvalue weighted by Crippen LogP contribution is -2.28. The van der Waals surface area contributed by atoms with Crippen molar-refractivity contribution in [3.05, 3.63) is 82.8 Å². The summed E-state index contributed by atoms with van der Waals surface area (Å²) in [7, 11) is 0. The third kappa shape index (κ3) is 8.44. The number of aliphatic hydroxyl groups is 1. The van der Waals surface area contributed by atoms with Gasteiger partial charge >= 0.3 is 0 Å². The van der Waals surface area contributed by atoms with Crippen molar-refractivity contribution < 1.29 is 19.0 Å². The summed E-state index contributed by atoms with van der Waals surface area (Å²) in [6, 6.07) is 16.0. The SMILES string of the molecule is O=C(COCc1ccc(F)cc1)NCCCCCC(NC(CO)c1ccccc1)=C1CC1. The van der Waals surface area contributed by atoms with Crippen molar-refractivity contribution in [3.8, 4) is 0 Å². The van der Waals surface area contributed by atoms with Crippen LogP contribution in [0, 0.1) is 5.82 Å². The minimum absolute atomic E-state index is 0.000420. The summed E-state index contributed by atoms with van der Waals surface area (Å²) in [5.41, 5.74) is 4.67. The molecule has 32 heavy (non-hydrogen) atoms. The third-order valence-electron chi connectivity index (χ3n) is 5.50. The number of carbonyl (C=O) groups is 1. The number of amides is 1. The minimum atomic E-state index is -0.285. The molecule has 2 aromatic carbocycles. The molecule has 0 heterocycles. The average Bonchev–Trinajstić information content (AvgIpc) is 3.65. The van der Waals surface area contributed by atoms with Crippen LogP contribution in [0.25, 0.3) is 0 Å². The lowest BCUT2D eigenvalue weighted by atomic mass is 10.1. The maximum Gasteiger partial charge on any atom is 0.246 e. The summed E-state index contributed by atoms with van der Waals surface area (Å²) in [4.78, 5) is 11.9. The lowest BCUT2D eigenvalue weighted by Gasteiger charge is -2.20. The number of hydrogen-bond acceptors (Lipinski definition) is 4.